The normalized spacial score (nSPS) is 17.1. The Morgan fingerprint density at radius 3 is 2.93 bits per heavy atom. The number of ether oxygens (including phenoxy) is 1. The van der Waals surface area contributed by atoms with Crippen molar-refractivity contribution < 1.29 is 4.74 Å². The Labute approximate surface area is 165 Å². The van der Waals surface area contributed by atoms with Gasteiger partial charge >= 0.3 is 0 Å². The number of aliphatic imine (C=N–C) groups is 1. The van der Waals surface area contributed by atoms with Crippen LogP contribution in [-0.2, 0) is 6.54 Å². The first kappa shape index (κ1) is 19.3. The van der Waals surface area contributed by atoms with Crippen molar-refractivity contribution in [1.82, 2.24) is 15.6 Å². The summed E-state index contributed by atoms with van der Waals surface area (Å²) in [7, 11) is 1.71. The van der Waals surface area contributed by atoms with Gasteiger partial charge in [0.05, 0.1) is 19.3 Å². The van der Waals surface area contributed by atoms with Crippen LogP contribution in [0.4, 0.5) is 5.69 Å². The van der Waals surface area contributed by atoms with Gasteiger partial charge in [-0.15, -0.1) is 0 Å². The quantitative estimate of drug-likeness (QED) is 0.453. The number of guanidine groups is 1. The molecule has 3 rings (SSSR count). The second kappa shape index (κ2) is 9.46. The summed E-state index contributed by atoms with van der Waals surface area (Å²) in [5.41, 5.74) is 2.16. The minimum Gasteiger partial charge on any atom is -0.495 e. The number of nitrogens with one attached hydrogen (secondary N) is 2. The predicted molar refractivity (Wildman–Crippen MR) is 111 cm³/mol. The second-order valence-corrected chi connectivity index (χ2v) is 6.82. The highest BCUT2D eigenvalue weighted by atomic mass is 35.5. The van der Waals surface area contributed by atoms with Gasteiger partial charge in [-0.3, -0.25) is 0 Å². The van der Waals surface area contributed by atoms with Crippen molar-refractivity contribution >= 4 is 23.2 Å². The fourth-order valence-corrected chi connectivity index (χ4v) is 3.28. The number of hydrogen-bond acceptors (Lipinski definition) is 4. The number of aromatic nitrogens is 1. The van der Waals surface area contributed by atoms with E-state index in [1.54, 1.807) is 19.4 Å². The van der Waals surface area contributed by atoms with E-state index in [4.69, 9.17) is 16.3 Å². The lowest BCUT2D eigenvalue weighted by Crippen LogP contribution is -2.44. The van der Waals surface area contributed by atoms with Crippen LogP contribution < -0.4 is 20.3 Å². The molecule has 144 valence electrons. The molecule has 1 aliphatic rings. The van der Waals surface area contributed by atoms with Gasteiger partial charge < -0.3 is 20.3 Å². The van der Waals surface area contributed by atoms with Crippen LogP contribution in [0.25, 0.3) is 0 Å². The molecule has 0 aliphatic carbocycles. The summed E-state index contributed by atoms with van der Waals surface area (Å²) >= 11 is 5.84. The molecule has 27 heavy (non-hydrogen) atoms. The van der Waals surface area contributed by atoms with Gasteiger partial charge in [0, 0.05) is 31.9 Å². The number of nitrogens with zero attached hydrogens (tertiary/aromatic N) is 3. The third-order valence-corrected chi connectivity index (χ3v) is 4.73. The highest BCUT2D eigenvalue weighted by molar-refractivity contribution is 6.29. The topological polar surface area (TPSA) is 61.8 Å². The van der Waals surface area contributed by atoms with Crippen molar-refractivity contribution in [2.75, 3.05) is 31.6 Å². The molecule has 1 aromatic heterocycles. The van der Waals surface area contributed by atoms with Crippen LogP contribution in [0.1, 0.15) is 18.9 Å². The lowest BCUT2D eigenvalue weighted by Gasteiger charge is -2.22. The summed E-state index contributed by atoms with van der Waals surface area (Å²) in [5.74, 6) is 1.73. The van der Waals surface area contributed by atoms with E-state index in [-0.39, 0.29) is 0 Å². The van der Waals surface area contributed by atoms with E-state index in [1.165, 1.54) is 0 Å². The number of anilines is 1. The van der Waals surface area contributed by atoms with Crippen LogP contribution in [0.15, 0.2) is 47.6 Å². The molecule has 2 heterocycles. The number of hydrogen-bond donors (Lipinski definition) is 2. The minimum absolute atomic E-state index is 0.330. The van der Waals surface area contributed by atoms with Crippen LogP contribution in [-0.4, -0.2) is 43.7 Å². The molecular weight excluding hydrogens is 362 g/mol. The monoisotopic (exact) mass is 387 g/mol. The lowest BCUT2D eigenvalue weighted by atomic mass is 10.2. The summed E-state index contributed by atoms with van der Waals surface area (Å²) in [5, 5.41) is 7.36. The van der Waals surface area contributed by atoms with E-state index < -0.39 is 0 Å². The van der Waals surface area contributed by atoms with Gasteiger partial charge in [-0.1, -0.05) is 29.8 Å². The summed E-state index contributed by atoms with van der Waals surface area (Å²) in [4.78, 5) is 11.1. The molecule has 1 atom stereocenters. The Balaban J connectivity index is 1.61. The van der Waals surface area contributed by atoms with Crippen molar-refractivity contribution in [3.05, 3.63) is 53.3 Å². The molecule has 0 bridgehead atoms. The average molecular weight is 388 g/mol. The maximum atomic E-state index is 5.84. The van der Waals surface area contributed by atoms with Crippen LogP contribution in [0.3, 0.4) is 0 Å². The number of methoxy groups -OCH3 is 1. The van der Waals surface area contributed by atoms with E-state index in [0.29, 0.717) is 17.7 Å². The summed E-state index contributed by atoms with van der Waals surface area (Å²) in [6, 6.07) is 12.2. The van der Waals surface area contributed by atoms with Crippen molar-refractivity contribution in [3.63, 3.8) is 0 Å². The zero-order chi connectivity index (χ0) is 19.1. The zero-order valence-corrected chi connectivity index (χ0v) is 16.5. The van der Waals surface area contributed by atoms with Crippen molar-refractivity contribution in [1.29, 1.82) is 0 Å². The molecule has 0 radical (unpaired) electrons. The maximum Gasteiger partial charge on any atom is 0.191 e. The van der Waals surface area contributed by atoms with Crippen molar-refractivity contribution in [2.24, 2.45) is 4.99 Å². The van der Waals surface area contributed by atoms with Crippen LogP contribution >= 0.6 is 11.6 Å². The summed E-state index contributed by atoms with van der Waals surface area (Å²) < 4.78 is 5.50. The third kappa shape index (κ3) is 5.26. The van der Waals surface area contributed by atoms with Crippen LogP contribution in [0, 0.1) is 0 Å². The van der Waals surface area contributed by atoms with Gasteiger partial charge in [0.1, 0.15) is 10.9 Å². The molecule has 1 unspecified atom stereocenters. The SMILES string of the molecule is CCNC(=NCc1ccc(Cl)nc1)NC1CCN(c2ccccc2OC)C1. The molecule has 0 saturated carbocycles. The van der Waals surface area contributed by atoms with Gasteiger partial charge in [0.2, 0.25) is 0 Å². The molecule has 7 heteroatoms. The average Bonchev–Trinajstić information content (AvgIpc) is 3.16. The molecule has 2 aromatic rings. The van der Waals surface area contributed by atoms with Gasteiger partial charge in [0.15, 0.2) is 5.96 Å². The maximum absolute atomic E-state index is 5.84. The molecule has 2 N–H and O–H groups in total. The molecule has 1 aromatic carbocycles. The van der Waals surface area contributed by atoms with Gasteiger partial charge in [-0.2, -0.15) is 0 Å². The summed E-state index contributed by atoms with van der Waals surface area (Å²) in [6.07, 6.45) is 2.80. The molecule has 0 spiro atoms. The number of pyridine rings is 1. The molecule has 6 nitrogen and oxygen atoms in total. The van der Waals surface area contributed by atoms with Crippen molar-refractivity contribution in [2.45, 2.75) is 25.9 Å². The van der Waals surface area contributed by atoms with Gasteiger partial charge in [-0.25, -0.2) is 9.98 Å². The Morgan fingerprint density at radius 2 is 2.19 bits per heavy atom. The predicted octanol–water partition coefficient (Wildman–Crippen LogP) is 3.08. The van der Waals surface area contributed by atoms with E-state index in [0.717, 1.165) is 49.0 Å². The first-order chi connectivity index (χ1) is 13.2. The molecular formula is C20H26ClN5O. The molecule has 1 fully saturated rings. The fraction of sp³-hybridized carbons (Fsp3) is 0.400. The Hall–Kier alpha value is -2.47. The van der Waals surface area contributed by atoms with Gasteiger partial charge in [0.25, 0.3) is 0 Å². The van der Waals surface area contributed by atoms with E-state index >= 15 is 0 Å². The fourth-order valence-electron chi connectivity index (χ4n) is 3.17. The molecule has 0 amide bonds. The molecule has 1 aliphatic heterocycles. The minimum atomic E-state index is 0.330. The second-order valence-electron chi connectivity index (χ2n) is 6.43. The van der Waals surface area contributed by atoms with Crippen molar-refractivity contribution in [3.8, 4) is 5.75 Å². The number of rotatable bonds is 6. The highest BCUT2D eigenvalue weighted by Crippen LogP contribution is 2.30. The van der Waals surface area contributed by atoms with Gasteiger partial charge in [-0.05, 0) is 37.1 Å². The number of benzene rings is 1. The highest BCUT2D eigenvalue weighted by Gasteiger charge is 2.25. The standard InChI is InChI=1S/C20H26ClN5O/c1-3-22-20(24-13-15-8-9-19(21)23-12-15)25-16-10-11-26(14-16)17-6-4-5-7-18(17)27-2/h4-9,12,16H,3,10-11,13-14H2,1-2H3,(H2,22,24,25). The lowest BCUT2D eigenvalue weighted by molar-refractivity contribution is 0.415. The Kier molecular flexibility index (Phi) is 6.76. The van der Waals surface area contributed by atoms with Crippen LogP contribution in [0.5, 0.6) is 5.75 Å². The van der Waals surface area contributed by atoms with E-state index in [9.17, 15) is 0 Å². The van der Waals surface area contributed by atoms with E-state index in [1.807, 2.05) is 24.3 Å². The molecule has 1 saturated heterocycles. The Morgan fingerprint density at radius 1 is 1.33 bits per heavy atom. The number of para-hydroxylation sites is 2. The third-order valence-electron chi connectivity index (χ3n) is 4.51. The Bertz CT molecular complexity index is 765. The van der Waals surface area contributed by atoms with E-state index in [2.05, 4.69) is 38.5 Å². The number of halogens is 1. The summed E-state index contributed by atoms with van der Waals surface area (Å²) in [6.45, 7) is 5.33. The first-order valence-electron chi connectivity index (χ1n) is 9.23. The smallest absolute Gasteiger partial charge is 0.191 e. The van der Waals surface area contributed by atoms with Crippen LogP contribution in [0.2, 0.25) is 5.15 Å². The first-order valence-corrected chi connectivity index (χ1v) is 9.60. The largest absolute Gasteiger partial charge is 0.495 e. The zero-order valence-electron chi connectivity index (χ0n) is 15.8.